The van der Waals surface area contributed by atoms with E-state index in [1.54, 1.807) is 0 Å². The minimum Gasteiger partial charge on any atom is -0.481 e. The zero-order valence-corrected chi connectivity index (χ0v) is 9.12. The van der Waals surface area contributed by atoms with Crippen molar-refractivity contribution in [3.05, 3.63) is 35.6 Å². The molecule has 18 heavy (non-hydrogen) atoms. The lowest BCUT2D eigenvalue weighted by molar-refractivity contribution is -0.137. The first-order valence-electron chi connectivity index (χ1n) is 5.18. The second-order valence-corrected chi connectivity index (χ2v) is 3.82. The first-order valence-corrected chi connectivity index (χ1v) is 5.18. The number of carboxylic acid groups (broad SMARTS) is 1. The standard InChI is InChI=1S/C12H9F3O3/c13-12(14,15)9-2-1-3-10-8(9)6-7(18-10)4-5-11(16)17/h1-3,6H,4-5H2,(H,16,17). The summed E-state index contributed by atoms with van der Waals surface area (Å²) in [5.41, 5.74) is -0.657. The van der Waals surface area contributed by atoms with Gasteiger partial charge in [-0.05, 0) is 18.2 Å². The molecule has 1 N–H and O–H groups in total. The quantitative estimate of drug-likeness (QED) is 0.917. The third-order valence-corrected chi connectivity index (χ3v) is 2.50. The number of halogens is 3. The van der Waals surface area contributed by atoms with Gasteiger partial charge in [0.1, 0.15) is 11.3 Å². The Morgan fingerprint density at radius 2 is 2.06 bits per heavy atom. The molecular formula is C12H9F3O3. The number of hydrogen-bond donors (Lipinski definition) is 1. The summed E-state index contributed by atoms with van der Waals surface area (Å²) in [5.74, 6) is -0.782. The average Bonchev–Trinajstić information content (AvgIpc) is 2.66. The van der Waals surface area contributed by atoms with Gasteiger partial charge in [0.25, 0.3) is 0 Å². The van der Waals surface area contributed by atoms with Crippen molar-refractivity contribution in [2.45, 2.75) is 19.0 Å². The van der Waals surface area contributed by atoms with Crippen molar-refractivity contribution in [2.75, 3.05) is 0 Å². The third-order valence-electron chi connectivity index (χ3n) is 2.50. The van der Waals surface area contributed by atoms with Gasteiger partial charge < -0.3 is 9.52 Å². The van der Waals surface area contributed by atoms with Crippen LogP contribution >= 0.6 is 0 Å². The van der Waals surface area contributed by atoms with Crippen molar-refractivity contribution in [3.8, 4) is 0 Å². The fourth-order valence-electron chi connectivity index (χ4n) is 1.71. The summed E-state index contributed by atoms with van der Waals surface area (Å²) in [5, 5.41) is 8.48. The van der Waals surface area contributed by atoms with Crippen LogP contribution in [0.1, 0.15) is 17.7 Å². The van der Waals surface area contributed by atoms with Crippen molar-refractivity contribution in [1.82, 2.24) is 0 Å². The van der Waals surface area contributed by atoms with Gasteiger partial charge in [-0.3, -0.25) is 4.79 Å². The maximum absolute atomic E-state index is 12.7. The normalized spacial score (nSPS) is 11.9. The van der Waals surface area contributed by atoms with Gasteiger partial charge in [0.2, 0.25) is 0 Å². The largest absolute Gasteiger partial charge is 0.481 e. The van der Waals surface area contributed by atoms with E-state index >= 15 is 0 Å². The SMILES string of the molecule is O=C(O)CCc1cc2c(C(F)(F)F)cccc2o1. The van der Waals surface area contributed by atoms with E-state index in [1.165, 1.54) is 18.2 Å². The minimum absolute atomic E-state index is 0.0367. The maximum atomic E-state index is 12.7. The highest BCUT2D eigenvalue weighted by molar-refractivity contribution is 5.82. The second kappa shape index (κ2) is 4.36. The summed E-state index contributed by atoms with van der Waals surface area (Å²) in [4.78, 5) is 10.4. The number of fused-ring (bicyclic) bond motifs is 1. The molecule has 1 heterocycles. The van der Waals surface area contributed by atoms with Crippen LogP contribution in [0.3, 0.4) is 0 Å². The van der Waals surface area contributed by atoms with Crippen molar-refractivity contribution in [1.29, 1.82) is 0 Å². The molecule has 0 saturated carbocycles. The van der Waals surface area contributed by atoms with Gasteiger partial charge >= 0.3 is 12.1 Å². The number of carbonyl (C=O) groups is 1. The highest BCUT2D eigenvalue weighted by atomic mass is 19.4. The number of aliphatic carboxylic acids is 1. The summed E-state index contributed by atoms with van der Waals surface area (Å²) >= 11 is 0. The molecule has 96 valence electrons. The number of furan rings is 1. The van der Waals surface area contributed by atoms with E-state index in [-0.39, 0.29) is 29.6 Å². The molecule has 1 aromatic carbocycles. The maximum Gasteiger partial charge on any atom is 0.417 e. The summed E-state index contributed by atoms with van der Waals surface area (Å²) in [6.07, 6.45) is -4.56. The summed E-state index contributed by atoms with van der Waals surface area (Å²) < 4.78 is 43.3. The summed E-state index contributed by atoms with van der Waals surface area (Å²) in [6.45, 7) is 0. The molecule has 6 heteroatoms. The molecule has 0 saturated heterocycles. The molecule has 2 rings (SSSR count). The van der Waals surface area contributed by atoms with Gasteiger partial charge in [0.15, 0.2) is 0 Å². The van der Waals surface area contributed by atoms with Crippen LogP contribution < -0.4 is 0 Å². The van der Waals surface area contributed by atoms with Crippen LogP contribution in [-0.4, -0.2) is 11.1 Å². The zero-order valence-electron chi connectivity index (χ0n) is 9.12. The van der Waals surface area contributed by atoms with Crippen LogP contribution in [0.4, 0.5) is 13.2 Å². The molecule has 2 aromatic rings. The first kappa shape index (κ1) is 12.5. The Labute approximate surface area is 99.8 Å². The molecule has 0 aliphatic rings. The molecule has 0 atom stereocenters. The lowest BCUT2D eigenvalue weighted by Crippen LogP contribution is -2.04. The topological polar surface area (TPSA) is 50.4 Å². The van der Waals surface area contributed by atoms with Gasteiger partial charge in [-0.2, -0.15) is 13.2 Å². The molecule has 0 fully saturated rings. The van der Waals surface area contributed by atoms with E-state index < -0.39 is 17.7 Å². The Bertz CT molecular complexity index is 584. The fourth-order valence-corrected chi connectivity index (χ4v) is 1.71. The number of aryl methyl sites for hydroxylation is 1. The molecule has 0 aliphatic carbocycles. The van der Waals surface area contributed by atoms with Crippen LogP contribution in [0.15, 0.2) is 28.7 Å². The van der Waals surface area contributed by atoms with E-state index in [0.717, 1.165) is 6.07 Å². The van der Waals surface area contributed by atoms with Crippen LogP contribution in [-0.2, 0) is 17.4 Å². The Balaban J connectivity index is 2.42. The van der Waals surface area contributed by atoms with Gasteiger partial charge in [-0.1, -0.05) is 6.07 Å². The molecule has 0 unspecified atom stereocenters. The molecule has 1 aromatic heterocycles. The van der Waals surface area contributed by atoms with Crippen LogP contribution in [0, 0.1) is 0 Å². The molecule has 3 nitrogen and oxygen atoms in total. The lowest BCUT2D eigenvalue weighted by Gasteiger charge is -2.06. The molecule has 0 bridgehead atoms. The van der Waals surface area contributed by atoms with E-state index in [1.807, 2.05) is 0 Å². The number of benzene rings is 1. The van der Waals surface area contributed by atoms with Crippen LogP contribution in [0.25, 0.3) is 11.0 Å². The number of hydrogen-bond acceptors (Lipinski definition) is 2. The zero-order chi connectivity index (χ0) is 13.3. The van der Waals surface area contributed by atoms with E-state index in [9.17, 15) is 18.0 Å². The average molecular weight is 258 g/mol. The lowest BCUT2D eigenvalue weighted by atomic mass is 10.1. The molecule has 0 radical (unpaired) electrons. The van der Waals surface area contributed by atoms with Crippen molar-refractivity contribution in [2.24, 2.45) is 0 Å². The second-order valence-electron chi connectivity index (χ2n) is 3.82. The number of rotatable bonds is 3. The van der Waals surface area contributed by atoms with E-state index in [2.05, 4.69) is 0 Å². The van der Waals surface area contributed by atoms with Gasteiger partial charge in [-0.25, -0.2) is 0 Å². The van der Waals surface area contributed by atoms with Crippen LogP contribution in [0.5, 0.6) is 0 Å². The van der Waals surface area contributed by atoms with Crippen molar-refractivity contribution >= 4 is 16.9 Å². The predicted octanol–water partition coefficient (Wildman–Crippen LogP) is 3.47. The first-order chi connectivity index (χ1) is 8.38. The Morgan fingerprint density at radius 1 is 1.33 bits per heavy atom. The van der Waals surface area contributed by atoms with E-state index in [4.69, 9.17) is 9.52 Å². The minimum atomic E-state index is -4.45. The van der Waals surface area contributed by atoms with Gasteiger partial charge in [0, 0.05) is 11.8 Å². The molecular weight excluding hydrogens is 249 g/mol. The smallest absolute Gasteiger partial charge is 0.417 e. The predicted molar refractivity (Wildman–Crippen MR) is 57.2 cm³/mol. The highest BCUT2D eigenvalue weighted by Crippen LogP contribution is 2.36. The summed E-state index contributed by atoms with van der Waals surface area (Å²) in [6, 6.07) is 4.91. The number of carboxylic acids is 1. The van der Waals surface area contributed by atoms with Gasteiger partial charge in [-0.15, -0.1) is 0 Å². The van der Waals surface area contributed by atoms with Crippen LogP contribution in [0.2, 0.25) is 0 Å². The summed E-state index contributed by atoms with van der Waals surface area (Å²) in [7, 11) is 0. The third kappa shape index (κ3) is 2.47. The Hall–Kier alpha value is -1.98. The van der Waals surface area contributed by atoms with E-state index in [0.29, 0.717) is 0 Å². The molecule has 0 spiro atoms. The highest BCUT2D eigenvalue weighted by Gasteiger charge is 2.33. The van der Waals surface area contributed by atoms with Crippen molar-refractivity contribution < 1.29 is 27.5 Å². The van der Waals surface area contributed by atoms with Crippen molar-refractivity contribution in [3.63, 3.8) is 0 Å². The monoisotopic (exact) mass is 258 g/mol. The number of alkyl halides is 3. The molecule has 0 aliphatic heterocycles. The fraction of sp³-hybridized carbons (Fsp3) is 0.250. The van der Waals surface area contributed by atoms with Gasteiger partial charge in [0.05, 0.1) is 12.0 Å². The molecule has 0 amide bonds. The Kier molecular flexibility index (Phi) is 3.02. The Morgan fingerprint density at radius 3 is 2.67 bits per heavy atom.